The SMILES string of the molecule is Cc1ccc(F)cc1NC(=O)C(NC(=O)Cc1ccccc1)C(C)C. The molecule has 0 spiro atoms. The molecule has 5 heteroatoms. The normalized spacial score (nSPS) is 11.9. The molecule has 4 nitrogen and oxygen atoms in total. The number of anilines is 1. The number of aryl methyl sites for hydroxylation is 1. The number of amides is 2. The summed E-state index contributed by atoms with van der Waals surface area (Å²) in [5.41, 5.74) is 2.05. The van der Waals surface area contributed by atoms with Gasteiger partial charge in [-0.25, -0.2) is 4.39 Å². The Morgan fingerprint density at radius 2 is 1.76 bits per heavy atom. The molecule has 0 aromatic heterocycles. The van der Waals surface area contributed by atoms with E-state index in [0.29, 0.717) is 5.69 Å². The van der Waals surface area contributed by atoms with E-state index in [0.717, 1.165) is 11.1 Å². The minimum Gasteiger partial charge on any atom is -0.344 e. The van der Waals surface area contributed by atoms with E-state index in [1.165, 1.54) is 12.1 Å². The molecule has 1 unspecified atom stereocenters. The summed E-state index contributed by atoms with van der Waals surface area (Å²) < 4.78 is 13.4. The standard InChI is InChI=1S/C20H23FN2O2/c1-13(2)19(23-18(24)11-15-7-5-4-6-8-15)20(25)22-17-12-16(21)10-9-14(17)3/h4-10,12-13,19H,11H2,1-3H3,(H,22,25)(H,23,24). The summed E-state index contributed by atoms with van der Waals surface area (Å²) in [5.74, 6) is -1.11. The quantitative estimate of drug-likeness (QED) is 0.845. The molecule has 1 atom stereocenters. The lowest BCUT2D eigenvalue weighted by Crippen LogP contribution is -2.47. The van der Waals surface area contributed by atoms with Crippen LogP contribution in [0.3, 0.4) is 0 Å². The van der Waals surface area contributed by atoms with Crippen molar-refractivity contribution in [2.75, 3.05) is 5.32 Å². The molecule has 0 fully saturated rings. The van der Waals surface area contributed by atoms with Crippen LogP contribution in [0.5, 0.6) is 0 Å². The highest BCUT2D eigenvalue weighted by atomic mass is 19.1. The predicted octanol–water partition coefficient (Wildman–Crippen LogP) is 3.46. The predicted molar refractivity (Wildman–Crippen MR) is 96.7 cm³/mol. The van der Waals surface area contributed by atoms with Crippen molar-refractivity contribution in [3.05, 3.63) is 65.5 Å². The van der Waals surface area contributed by atoms with E-state index < -0.39 is 11.9 Å². The second-order valence-corrected chi connectivity index (χ2v) is 6.40. The van der Waals surface area contributed by atoms with Crippen LogP contribution >= 0.6 is 0 Å². The van der Waals surface area contributed by atoms with Gasteiger partial charge in [0.15, 0.2) is 0 Å². The first-order chi connectivity index (χ1) is 11.9. The molecular weight excluding hydrogens is 319 g/mol. The Kier molecular flexibility index (Phi) is 6.28. The molecule has 2 rings (SSSR count). The van der Waals surface area contributed by atoms with Crippen molar-refractivity contribution >= 4 is 17.5 Å². The van der Waals surface area contributed by atoms with Gasteiger partial charge < -0.3 is 10.6 Å². The highest BCUT2D eigenvalue weighted by molar-refractivity contribution is 5.98. The van der Waals surface area contributed by atoms with Crippen LogP contribution in [0.2, 0.25) is 0 Å². The van der Waals surface area contributed by atoms with Crippen LogP contribution in [0, 0.1) is 18.7 Å². The molecule has 0 aliphatic heterocycles. The molecule has 0 radical (unpaired) electrons. The summed E-state index contributed by atoms with van der Waals surface area (Å²) in [6.07, 6.45) is 0.205. The molecule has 0 bridgehead atoms. The van der Waals surface area contributed by atoms with Gasteiger partial charge in [-0.3, -0.25) is 9.59 Å². The fourth-order valence-electron chi connectivity index (χ4n) is 2.48. The monoisotopic (exact) mass is 342 g/mol. The average molecular weight is 342 g/mol. The van der Waals surface area contributed by atoms with Gasteiger partial charge >= 0.3 is 0 Å². The molecule has 0 saturated carbocycles. The van der Waals surface area contributed by atoms with Gasteiger partial charge in [0.1, 0.15) is 11.9 Å². The first kappa shape index (κ1) is 18.6. The first-order valence-electron chi connectivity index (χ1n) is 8.27. The van der Waals surface area contributed by atoms with Crippen molar-refractivity contribution in [2.45, 2.75) is 33.2 Å². The number of hydrogen-bond donors (Lipinski definition) is 2. The Labute approximate surface area is 147 Å². The largest absolute Gasteiger partial charge is 0.344 e. The lowest BCUT2D eigenvalue weighted by Gasteiger charge is -2.22. The Morgan fingerprint density at radius 1 is 1.08 bits per heavy atom. The van der Waals surface area contributed by atoms with E-state index >= 15 is 0 Å². The number of rotatable bonds is 6. The van der Waals surface area contributed by atoms with Crippen LogP contribution in [-0.4, -0.2) is 17.9 Å². The topological polar surface area (TPSA) is 58.2 Å². The number of nitrogens with one attached hydrogen (secondary N) is 2. The van der Waals surface area contributed by atoms with E-state index in [-0.39, 0.29) is 24.2 Å². The lowest BCUT2D eigenvalue weighted by molar-refractivity contribution is -0.127. The van der Waals surface area contributed by atoms with Gasteiger partial charge in [0.05, 0.1) is 6.42 Å². The van der Waals surface area contributed by atoms with Crippen LogP contribution in [0.25, 0.3) is 0 Å². The van der Waals surface area contributed by atoms with Crippen LogP contribution in [0.4, 0.5) is 10.1 Å². The minimum absolute atomic E-state index is 0.103. The lowest BCUT2D eigenvalue weighted by atomic mass is 10.0. The minimum atomic E-state index is -0.695. The molecule has 2 aromatic rings. The van der Waals surface area contributed by atoms with Gasteiger partial charge in [-0.2, -0.15) is 0 Å². The third-order valence-electron chi connectivity index (χ3n) is 3.93. The third kappa shape index (κ3) is 5.41. The Hall–Kier alpha value is -2.69. The molecule has 2 N–H and O–H groups in total. The third-order valence-corrected chi connectivity index (χ3v) is 3.93. The van der Waals surface area contributed by atoms with Gasteiger partial charge in [-0.1, -0.05) is 50.2 Å². The highest BCUT2D eigenvalue weighted by Gasteiger charge is 2.24. The van der Waals surface area contributed by atoms with E-state index in [1.54, 1.807) is 13.0 Å². The molecule has 0 aliphatic rings. The fraction of sp³-hybridized carbons (Fsp3) is 0.300. The van der Waals surface area contributed by atoms with Gasteiger partial charge in [0.25, 0.3) is 0 Å². The summed E-state index contributed by atoms with van der Waals surface area (Å²) >= 11 is 0. The van der Waals surface area contributed by atoms with Gasteiger partial charge in [0, 0.05) is 5.69 Å². The van der Waals surface area contributed by atoms with E-state index in [2.05, 4.69) is 10.6 Å². The molecule has 0 heterocycles. The smallest absolute Gasteiger partial charge is 0.247 e. The maximum absolute atomic E-state index is 13.4. The summed E-state index contributed by atoms with van der Waals surface area (Å²) in [7, 11) is 0. The molecule has 25 heavy (non-hydrogen) atoms. The molecule has 2 amide bonds. The molecule has 0 aliphatic carbocycles. The van der Waals surface area contributed by atoms with Gasteiger partial charge in [-0.15, -0.1) is 0 Å². The van der Waals surface area contributed by atoms with Crippen molar-refractivity contribution in [3.8, 4) is 0 Å². The first-order valence-corrected chi connectivity index (χ1v) is 8.27. The number of benzene rings is 2. The number of carbonyl (C=O) groups excluding carboxylic acids is 2. The van der Waals surface area contributed by atoms with E-state index in [9.17, 15) is 14.0 Å². The number of halogens is 1. The summed E-state index contributed by atoms with van der Waals surface area (Å²) in [6.45, 7) is 5.49. The Balaban J connectivity index is 2.05. The summed E-state index contributed by atoms with van der Waals surface area (Å²) in [5, 5.41) is 5.48. The maximum Gasteiger partial charge on any atom is 0.247 e. The van der Waals surface area contributed by atoms with Crippen LogP contribution in [0.15, 0.2) is 48.5 Å². The highest BCUT2D eigenvalue weighted by Crippen LogP contribution is 2.17. The Bertz CT molecular complexity index is 745. The van der Waals surface area contributed by atoms with Gasteiger partial charge in [0.2, 0.25) is 11.8 Å². The molecule has 2 aromatic carbocycles. The molecular formula is C20H23FN2O2. The van der Waals surface area contributed by atoms with Gasteiger partial charge in [-0.05, 0) is 36.1 Å². The zero-order valence-corrected chi connectivity index (χ0v) is 14.7. The van der Waals surface area contributed by atoms with E-state index in [4.69, 9.17) is 0 Å². The summed E-state index contributed by atoms with van der Waals surface area (Å²) in [4.78, 5) is 24.8. The number of hydrogen-bond acceptors (Lipinski definition) is 2. The second kappa shape index (κ2) is 8.42. The Morgan fingerprint density at radius 3 is 2.40 bits per heavy atom. The molecule has 0 saturated heterocycles. The van der Waals surface area contributed by atoms with Crippen molar-refractivity contribution in [3.63, 3.8) is 0 Å². The second-order valence-electron chi connectivity index (χ2n) is 6.40. The number of carbonyl (C=O) groups is 2. The van der Waals surface area contributed by atoms with Crippen LogP contribution < -0.4 is 10.6 Å². The average Bonchev–Trinajstić information content (AvgIpc) is 2.56. The van der Waals surface area contributed by atoms with Crippen molar-refractivity contribution in [1.82, 2.24) is 5.32 Å². The zero-order valence-electron chi connectivity index (χ0n) is 14.7. The fourth-order valence-corrected chi connectivity index (χ4v) is 2.48. The van der Waals surface area contributed by atoms with Crippen molar-refractivity contribution in [2.24, 2.45) is 5.92 Å². The van der Waals surface area contributed by atoms with Crippen molar-refractivity contribution < 1.29 is 14.0 Å². The van der Waals surface area contributed by atoms with Crippen LogP contribution in [-0.2, 0) is 16.0 Å². The van der Waals surface area contributed by atoms with Crippen LogP contribution in [0.1, 0.15) is 25.0 Å². The van der Waals surface area contributed by atoms with Crippen molar-refractivity contribution in [1.29, 1.82) is 0 Å². The maximum atomic E-state index is 13.4. The molecule has 132 valence electrons. The zero-order chi connectivity index (χ0) is 18.4. The summed E-state index contributed by atoms with van der Waals surface area (Å²) in [6, 6.07) is 12.8. The van der Waals surface area contributed by atoms with E-state index in [1.807, 2.05) is 44.2 Å².